The van der Waals surface area contributed by atoms with Crippen molar-refractivity contribution in [2.24, 2.45) is 11.3 Å². The molecule has 0 amide bonds. The summed E-state index contributed by atoms with van der Waals surface area (Å²) in [6.07, 6.45) is 1.72. The highest BCUT2D eigenvalue weighted by Gasteiger charge is 2.51. The highest BCUT2D eigenvalue weighted by molar-refractivity contribution is 4.95. The summed E-state index contributed by atoms with van der Waals surface area (Å²) in [6.45, 7) is 4.38. The van der Waals surface area contributed by atoms with Crippen molar-refractivity contribution in [3.63, 3.8) is 0 Å². The highest BCUT2D eigenvalue weighted by atomic mass is 16.7. The minimum atomic E-state index is -0.489. The van der Waals surface area contributed by atoms with Crippen molar-refractivity contribution in [2.75, 3.05) is 20.8 Å². The maximum Gasteiger partial charge on any atom is 0.170 e. The number of hydrogen-bond donors (Lipinski definition) is 1. The maximum absolute atomic E-state index is 9.26. The monoisotopic (exact) mass is 188 g/mol. The van der Waals surface area contributed by atoms with E-state index in [1.165, 1.54) is 0 Å². The molecule has 0 unspecified atom stereocenters. The molecule has 1 saturated carbocycles. The summed E-state index contributed by atoms with van der Waals surface area (Å²) in [4.78, 5) is 0. The molecule has 1 fully saturated rings. The number of ether oxygens (including phenoxy) is 2. The Bertz CT molecular complexity index is 177. The van der Waals surface area contributed by atoms with Gasteiger partial charge in [-0.1, -0.05) is 13.8 Å². The molecule has 1 aliphatic carbocycles. The fraction of sp³-hybridized carbons (Fsp3) is 1.00. The van der Waals surface area contributed by atoms with Gasteiger partial charge in [-0.3, -0.25) is 0 Å². The number of methoxy groups -OCH3 is 2. The van der Waals surface area contributed by atoms with Crippen molar-refractivity contribution in [3.05, 3.63) is 0 Å². The van der Waals surface area contributed by atoms with Crippen molar-refractivity contribution in [3.8, 4) is 0 Å². The minimum absolute atomic E-state index is 0.0502. The predicted octanol–water partition coefficient (Wildman–Crippen LogP) is 1.40. The second kappa shape index (κ2) is 3.56. The number of aliphatic hydroxyl groups excluding tert-OH is 1. The van der Waals surface area contributed by atoms with Crippen molar-refractivity contribution in [2.45, 2.75) is 32.5 Å². The Hall–Kier alpha value is -0.120. The second-order valence-electron chi connectivity index (χ2n) is 4.47. The zero-order chi connectivity index (χ0) is 10.1. The first-order valence-corrected chi connectivity index (χ1v) is 4.73. The fourth-order valence-electron chi connectivity index (χ4n) is 2.49. The molecule has 0 aromatic carbocycles. The zero-order valence-corrected chi connectivity index (χ0v) is 8.96. The molecule has 2 atom stereocenters. The van der Waals surface area contributed by atoms with Crippen molar-refractivity contribution < 1.29 is 14.6 Å². The molecule has 0 aromatic heterocycles. The molecule has 13 heavy (non-hydrogen) atoms. The van der Waals surface area contributed by atoms with Gasteiger partial charge in [0, 0.05) is 33.2 Å². The Kier molecular flexibility index (Phi) is 3.00. The van der Waals surface area contributed by atoms with Crippen LogP contribution in [0, 0.1) is 11.3 Å². The number of rotatable bonds is 3. The average Bonchev–Trinajstić information content (AvgIpc) is 2.39. The zero-order valence-electron chi connectivity index (χ0n) is 8.96. The molecule has 3 nitrogen and oxygen atoms in total. The van der Waals surface area contributed by atoms with Gasteiger partial charge in [-0.05, 0) is 11.8 Å². The van der Waals surface area contributed by atoms with Gasteiger partial charge < -0.3 is 14.6 Å². The first-order chi connectivity index (χ1) is 6.02. The standard InChI is InChI=1S/C10H20O3/c1-8-5-9(2,7-11)6-10(8,12-3)13-4/h8,11H,5-7H2,1-4H3/t8-,9+/m0/s1. The Labute approximate surface area is 80.0 Å². The van der Waals surface area contributed by atoms with E-state index in [-0.39, 0.29) is 12.0 Å². The van der Waals surface area contributed by atoms with E-state index >= 15 is 0 Å². The largest absolute Gasteiger partial charge is 0.396 e. The second-order valence-corrected chi connectivity index (χ2v) is 4.47. The van der Waals surface area contributed by atoms with E-state index in [1.807, 2.05) is 0 Å². The molecule has 1 N–H and O–H groups in total. The molecule has 0 heterocycles. The molecule has 0 aliphatic heterocycles. The van der Waals surface area contributed by atoms with Gasteiger partial charge in [0.25, 0.3) is 0 Å². The van der Waals surface area contributed by atoms with E-state index in [1.54, 1.807) is 14.2 Å². The smallest absolute Gasteiger partial charge is 0.170 e. The van der Waals surface area contributed by atoms with Crippen LogP contribution in [0.5, 0.6) is 0 Å². The van der Waals surface area contributed by atoms with Crippen LogP contribution in [0.3, 0.4) is 0 Å². The van der Waals surface area contributed by atoms with Gasteiger partial charge in [0.1, 0.15) is 0 Å². The predicted molar refractivity (Wildman–Crippen MR) is 50.3 cm³/mol. The van der Waals surface area contributed by atoms with Crippen LogP contribution in [0.25, 0.3) is 0 Å². The SMILES string of the molecule is COC1(OC)C[C@](C)(CO)C[C@@H]1C. The number of hydrogen-bond acceptors (Lipinski definition) is 3. The molecular formula is C10H20O3. The maximum atomic E-state index is 9.26. The van der Waals surface area contributed by atoms with Gasteiger partial charge in [0.15, 0.2) is 5.79 Å². The molecule has 0 radical (unpaired) electrons. The average molecular weight is 188 g/mol. The lowest BCUT2D eigenvalue weighted by Crippen LogP contribution is -2.37. The topological polar surface area (TPSA) is 38.7 Å². The van der Waals surface area contributed by atoms with Gasteiger partial charge in [-0.25, -0.2) is 0 Å². The molecule has 1 aliphatic rings. The third kappa shape index (κ3) is 1.73. The van der Waals surface area contributed by atoms with E-state index in [4.69, 9.17) is 9.47 Å². The summed E-state index contributed by atoms with van der Waals surface area (Å²) in [5.41, 5.74) is -0.0502. The van der Waals surface area contributed by atoms with Crippen molar-refractivity contribution in [1.82, 2.24) is 0 Å². The molecule has 78 valence electrons. The Balaban J connectivity index is 2.80. The van der Waals surface area contributed by atoms with Crippen molar-refractivity contribution >= 4 is 0 Å². The molecule has 0 aromatic rings. The summed E-state index contributed by atoms with van der Waals surface area (Å²) >= 11 is 0. The fourth-order valence-corrected chi connectivity index (χ4v) is 2.49. The highest BCUT2D eigenvalue weighted by Crippen LogP contribution is 2.49. The number of aliphatic hydroxyl groups is 1. The first kappa shape index (κ1) is 11.0. The van der Waals surface area contributed by atoms with Gasteiger partial charge >= 0.3 is 0 Å². The van der Waals surface area contributed by atoms with Gasteiger partial charge in [0.2, 0.25) is 0 Å². The van der Waals surface area contributed by atoms with Crippen LogP contribution in [0.2, 0.25) is 0 Å². The Morgan fingerprint density at radius 3 is 2.15 bits per heavy atom. The van der Waals surface area contributed by atoms with Crippen LogP contribution >= 0.6 is 0 Å². The summed E-state index contributed by atoms with van der Waals surface area (Å²) in [7, 11) is 3.34. The van der Waals surface area contributed by atoms with E-state index in [0.29, 0.717) is 5.92 Å². The lowest BCUT2D eigenvalue weighted by molar-refractivity contribution is -0.227. The third-order valence-corrected chi connectivity index (χ3v) is 3.30. The van der Waals surface area contributed by atoms with E-state index in [9.17, 15) is 5.11 Å². The molecule has 1 rings (SSSR count). The summed E-state index contributed by atoms with van der Waals surface area (Å²) in [6, 6.07) is 0. The molecule has 3 heteroatoms. The van der Waals surface area contributed by atoms with Crippen LogP contribution < -0.4 is 0 Å². The molecular weight excluding hydrogens is 168 g/mol. The molecule has 0 bridgehead atoms. The van der Waals surface area contributed by atoms with Crippen LogP contribution in [0.4, 0.5) is 0 Å². The van der Waals surface area contributed by atoms with Crippen LogP contribution in [-0.2, 0) is 9.47 Å². The van der Waals surface area contributed by atoms with Gasteiger partial charge in [0.05, 0.1) is 0 Å². The Morgan fingerprint density at radius 1 is 1.38 bits per heavy atom. The summed E-state index contributed by atoms with van der Waals surface area (Å²) in [5.74, 6) is -0.156. The molecule has 0 spiro atoms. The van der Waals surface area contributed by atoms with Crippen LogP contribution in [0.1, 0.15) is 26.7 Å². The normalized spacial score (nSPS) is 38.1. The van der Waals surface area contributed by atoms with Gasteiger partial charge in [-0.15, -0.1) is 0 Å². The van der Waals surface area contributed by atoms with E-state index in [0.717, 1.165) is 12.8 Å². The van der Waals surface area contributed by atoms with Crippen molar-refractivity contribution in [1.29, 1.82) is 0 Å². The quantitative estimate of drug-likeness (QED) is 0.680. The van der Waals surface area contributed by atoms with Gasteiger partial charge in [-0.2, -0.15) is 0 Å². The first-order valence-electron chi connectivity index (χ1n) is 4.73. The lowest BCUT2D eigenvalue weighted by atomic mass is 9.89. The van der Waals surface area contributed by atoms with Crippen LogP contribution in [-0.4, -0.2) is 31.7 Å². The van der Waals surface area contributed by atoms with E-state index < -0.39 is 5.79 Å². The lowest BCUT2D eigenvalue weighted by Gasteiger charge is -2.31. The molecule has 0 saturated heterocycles. The summed E-state index contributed by atoms with van der Waals surface area (Å²) in [5, 5.41) is 9.26. The minimum Gasteiger partial charge on any atom is -0.396 e. The van der Waals surface area contributed by atoms with E-state index in [2.05, 4.69) is 13.8 Å². The third-order valence-electron chi connectivity index (χ3n) is 3.30. The summed E-state index contributed by atoms with van der Waals surface area (Å²) < 4.78 is 10.8. The van der Waals surface area contributed by atoms with Crippen LogP contribution in [0.15, 0.2) is 0 Å². The Morgan fingerprint density at radius 2 is 1.92 bits per heavy atom.